The fraction of sp³-hybridized carbons (Fsp3) is 0.684. The minimum atomic E-state index is 0.257. The molecule has 0 aliphatic carbocycles. The molecule has 2 aliphatic rings. The van der Waals surface area contributed by atoms with Crippen molar-refractivity contribution in [2.45, 2.75) is 13.3 Å². The van der Waals surface area contributed by atoms with Crippen molar-refractivity contribution in [3.8, 4) is 0 Å². The van der Waals surface area contributed by atoms with Crippen LogP contribution in [0.1, 0.15) is 12.0 Å². The lowest BCUT2D eigenvalue weighted by atomic mass is 9.96. The third kappa shape index (κ3) is 3.58. The molecule has 0 radical (unpaired) electrons. The molecule has 26 heavy (non-hydrogen) atoms. The first-order chi connectivity index (χ1) is 12.7. The highest BCUT2D eigenvalue weighted by molar-refractivity contribution is 7.18. The van der Waals surface area contributed by atoms with Gasteiger partial charge in [0.2, 0.25) is 0 Å². The highest BCUT2D eigenvalue weighted by atomic mass is 32.1. The van der Waals surface area contributed by atoms with Crippen LogP contribution in [0.2, 0.25) is 0 Å². The van der Waals surface area contributed by atoms with E-state index in [2.05, 4.69) is 44.0 Å². The molecule has 0 bridgehead atoms. The molecule has 0 aromatic carbocycles. The van der Waals surface area contributed by atoms with Crippen molar-refractivity contribution in [1.82, 2.24) is 19.8 Å². The largest absolute Gasteiger partial charge is 0.396 e. The van der Waals surface area contributed by atoms with E-state index in [4.69, 9.17) is 0 Å². The first-order valence-corrected chi connectivity index (χ1v) is 10.5. The van der Waals surface area contributed by atoms with Crippen molar-refractivity contribution in [2.24, 2.45) is 11.8 Å². The third-order valence-corrected chi connectivity index (χ3v) is 7.01. The first kappa shape index (κ1) is 18.1. The summed E-state index contributed by atoms with van der Waals surface area (Å²) in [5.41, 5.74) is 2.29. The molecule has 1 N–H and O–H groups in total. The van der Waals surface area contributed by atoms with Gasteiger partial charge in [-0.1, -0.05) is 0 Å². The lowest BCUT2D eigenvalue weighted by Crippen LogP contribution is -2.36. The van der Waals surface area contributed by atoms with Crippen LogP contribution in [0.3, 0.4) is 0 Å². The van der Waals surface area contributed by atoms with Gasteiger partial charge in [0.1, 0.15) is 12.1 Å². The molecular weight excluding hydrogens is 346 g/mol. The van der Waals surface area contributed by atoms with E-state index in [0.717, 1.165) is 44.1 Å². The van der Waals surface area contributed by atoms with Crippen LogP contribution in [-0.2, 0) is 0 Å². The maximum Gasteiger partial charge on any atom is 0.150 e. The fourth-order valence-corrected chi connectivity index (χ4v) is 5.34. The van der Waals surface area contributed by atoms with Crippen molar-refractivity contribution in [2.75, 3.05) is 64.4 Å². The van der Waals surface area contributed by atoms with Crippen LogP contribution in [0.5, 0.6) is 0 Å². The molecule has 2 saturated heterocycles. The standard InChI is InChI=1S/C19H29N5OS/c1-14-12-26-18-17(14)20-13-21-19(18)24-9-15(16(10-24)11-25)8-23-5-3-4-22(2)6-7-23/h12-13,15-16,25H,3-11H2,1-2H3/t15-,16-/m1/s1. The Kier molecular flexibility index (Phi) is 5.40. The van der Waals surface area contributed by atoms with Gasteiger partial charge in [-0.05, 0) is 50.3 Å². The number of hydrogen-bond acceptors (Lipinski definition) is 7. The van der Waals surface area contributed by atoms with Crippen molar-refractivity contribution < 1.29 is 5.11 Å². The molecule has 142 valence electrons. The molecular formula is C19H29N5OS. The molecule has 0 unspecified atom stereocenters. The highest BCUT2D eigenvalue weighted by Gasteiger charge is 2.35. The molecule has 0 spiro atoms. The quantitative estimate of drug-likeness (QED) is 0.878. The Morgan fingerprint density at radius 3 is 2.85 bits per heavy atom. The zero-order valence-corrected chi connectivity index (χ0v) is 16.6. The van der Waals surface area contributed by atoms with E-state index in [1.807, 2.05) is 0 Å². The van der Waals surface area contributed by atoms with Crippen molar-refractivity contribution in [3.05, 3.63) is 17.3 Å². The zero-order chi connectivity index (χ0) is 18.1. The fourth-order valence-electron chi connectivity index (χ4n) is 4.32. The average Bonchev–Trinajstić information content (AvgIpc) is 3.16. The van der Waals surface area contributed by atoms with Gasteiger partial charge in [-0.3, -0.25) is 0 Å². The van der Waals surface area contributed by atoms with E-state index in [-0.39, 0.29) is 6.61 Å². The van der Waals surface area contributed by atoms with E-state index in [9.17, 15) is 5.11 Å². The van der Waals surface area contributed by atoms with Crippen LogP contribution >= 0.6 is 11.3 Å². The Bertz CT molecular complexity index is 751. The van der Waals surface area contributed by atoms with Gasteiger partial charge in [0.15, 0.2) is 0 Å². The Labute approximate surface area is 159 Å². The number of hydrogen-bond donors (Lipinski definition) is 1. The molecule has 4 heterocycles. The summed E-state index contributed by atoms with van der Waals surface area (Å²) in [6, 6.07) is 0. The summed E-state index contributed by atoms with van der Waals surface area (Å²) in [7, 11) is 2.21. The number of aliphatic hydroxyl groups is 1. The van der Waals surface area contributed by atoms with Crippen LogP contribution in [0.25, 0.3) is 10.2 Å². The minimum absolute atomic E-state index is 0.257. The molecule has 2 aromatic heterocycles. The van der Waals surface area contributed by atoms with Gasteiger partial charge < -0.3 is 19.8 Å². The molecule has 0 amide bonds. The van der Waals surface area contributed by atoms with Crippen LogP contribution in [0.15, 0.2) is 11.7 Å². The minimum Gasteiger partial charge on any atom is -0.396 e. The van der Waals surface area contributed by atoms with Crippen LogP contribution in [-0.4, -0.2) is 84.3 Å². The van der Waals surface area contributed by atoms with E-state index in [1.165, 1.54) is 29.8 Å². The first-order valence-electron chi connectivity index (χ1n) is 9.61. The van der Waals surface area contributed by atoms with Gasteiger partial charge in [-0.25, -0.2) is 9.97 Å². The van der Waals surface area contributed by atoms with Crippen LogP contribution < -0.4 is 4.90 Å². The number of thiophene rings is 1. The number of aromatic nitrogens is 2. The highest BCUT2D eigenvalue weighted by Crippen LogP contribution is 2.35. The second kappa shape index (κ2) is 7.76. The van der Waals surface area contributed by atoms with E-state index >= 15 is 0 Å². The van der Waals surface area contributed by atoms with Crippen molar-refractivity contribution in [1.29, 1.82) is 0 Å². The van der Waals surface area contributed by atoms with Crippen molar-refractivity contribution >= 4 is 27.4 Å². The number of fused-ring (bicyclic) bond motifs is 1. The Morgan fingerprint density at radius 1 is 1.15 bits per heavy atom. The smallest absolute Gasteiger partial charge is 0.150 e. The molecule has 2 atom stereocenters. The molecule has 2 aromatic rings. The monoisotopic (exact) mass is 375 g/mol. The normalized spacial score (nSPS) is 25.9. The predicted octanol–water partition coefficient (Wildman–Crippen LogP) is 1.68. The van der Waals surface area contributed by atoms with E-state index in [1.54, 1.807) is 17.7 Å². The van der Waals surface area contributed by atoms with E-state index in [0.29, 0.717) is 11.8 Å². The summed E-state index contributed by atoms with van der Waals surface area (Å²) >= 11 is 1.73. The van der Waals surface area contributed by atoms with Gasteiger partial charge in [0, 0.05) is 45.2 Å². The Balaban J connectivity index is 1.50. The number of anilines is 1. The van der Waals surface area contributed by atoms with Gasteiger partial charge in [-0.15, -0.1) is 11.3 Å². The van der Waals surface area contributed by atoms with Gasteiger partial charge in [-0.2, -0.15) is 0 Å². The zero-order valence-electron chi connectivity index (χ0n) is 15.8. The van der Waals surface area contributed by atoms with E-state index < -0.39 is 0 Å². The summed E-state index contributed by atoms with van der Waals surface area (Å²) in [6.45, 7) is 9.93. The molecule has 6 nitrogen and oxygen atoms in total. The maximum atomic E-state index is 9.96. The Morgan fingerprint density at radius 2 is 2.00 bits per heavy atom. The second-order valence-electron chi connectivity index (χ2n) is 7.86. The summed E-state index contributed by atoms with van der Waals surface area (Å²) in [6.07, 6.45) is 2.92. The number of rotatable bonds is 4. The number of nitrogens with zero attached hydrogens (tertiary/aromatic N) is 5. The average molecular weight is 376 g/mol. The van der Waals surface area contributed by atoms with Crippen molar-refractivity contribution in [3.63, 3.8) is 0 Å². The van der Waals surface area contributed by atoms with Crippen LogP contribution in [0.4, 0.5) is 5.82 Å². The lowest BCUT2D eigenvalue weighted by molar-refractivity contribution is 0.165. The van der Waals surface area contributed by atoms with Gasteiger partial charge in [0.25, 0.3) is 0 Å². The molecule has 0 saturated carbocycles. The summed E-state index contributed by atoms with van der Waals surface area (Å²) in [4.78, 5) is 16.4. The topological polar surface area (TPSA) is 55.7 Å². The third-order valence-electron chi connectivity index (χ3n) is 5.93. The summed E-state index contributed by atoms with van der Waals surface area (Å²) in [5, 5.41) is 12.1. The van der Waals surface area contributed by atoms with Crippen LogP contribution in [0, 0.1) is 18.8 Å². The molecule has 2 fully saturated rings. The number of aryl methyl sites for hydroxylation is 1. The van der Waals surface area contributed by atoms with Gasteiger partial charge in [0.05, 0.1) is 10.2 Å². The van der Waals surface area contributed by atoms with Gasteiger partial charge >= 0.3 is 0 Å². The summed E-state index contributed by atoms with van der Waals surface area (Å²) in [5.74, 6) is 1.86. The predicted molar refractivity (Wildman–Crippen MR) is 107 cm³/mol. The SMILES string of the molecule is Cc1csc2c(N3C[C@@H](CN4CCCN(C)CC4)[C@@H](CO)C3)ncnc12. The molecule has 2 aliphatic heterocycles. The Hall–Kier alpha value is -1.28. The second-order valence-corrected chi connectivity index (χ2v) is 8.74. The maximum absolute atomic E-state index is 9.96. The number of likely N-dealkylation sites (N-methyl/N-ethyl adjacent to an activating group) is 1. The lowest BCUT2D eigenvalue weighted by Gasteiger charge is -2.26. The summed E-state index contributed by atoms with van der Waals surface area (Å²) < 4.78 is 1.18. The molecule has 7 heteroatoms. The molecule has 4 rings (SSSR count). The number of aliphatic hydroxyl groups excluding tert-OH is 1.